The van der Waals surface area contributed by atoms with Crippen molar-refractivity contribution in [2.45, 2.75) is 20.4 Å². The van der Waals surface area contributed by atoms with Crippen LogP contribution >= 0.6 is 0 Å². The third-order valence-electron chi connectivity index (χ3n) is 2.75. The number of hydrogen-bond donors (Lipinski definition) is 1. The second-order valence-electron chi connectivity index (χ2n) is 4.08. The fraction of sp³-hybridized carbons (Fsp3) is 0.267. The second kappa shape index (κ2) is 6.20. The van der Waals surface area contributed by atoms with Crippen LogP contribution in [0.5, 0.6) is 17.4 Å². The van der Waals surface area contributed by atoms with Gasteiger partial charge < -0.3 is 15.2 Å². The highest BCUT2D eigenvalue weighted by Gasteiger charge is 2.07. The molecule has 0 saturated carbocycles. The van der Waals surface area contributed by atoms with Crippen LogP contribution in [0.25, 0.3) is 0 Å². The Balaban J connectivity index is 2.23. The fourth-order valence-electron chi connectivity index (χ4n) is 1.76. The Kier molecular flexibility index (Phi) is 4.36. The quantitative estimate of drug-likeness (QED) is 0.895. The lowest BCUT2D eigenvalue weighted by Crippen LogP contribution is -2.02. The number of aromatic nitrogens is 1. The van der Waals surface area contributed by atoms with Gasteiger partial charge in [0, 0.05) is 18.3 Å². The maximum Gasteiger partial charge on any atom is 0.219 e. The number of pyridine rings is 1. The van der Waals surface area contributed by atoms with Crippen molar-refractivity contribution in [3.8, 4) is 17.4 Å². The molecule has 0 aliphatic carbocycles. The molecule has 4 nitrogen and oxygen atoms in total. The largest absolute Gasteiger partial charge is 0.490 e. The van der Waals surface area contributed by atoms with Gasteiger partial charge in [0.25, 0.3) is 0 Å². The molecule has 0 aliphatic heterocycles. The molecule has 2 rings (SSSR count). The lowest BCUT2D eigenvalue weighted by molar-refractivity contribution is 0.319. The number of para-hydroxylation sites is 2. The molecule has 0 atom stereocenters. The zero-order chi connectivity index (χ0) is 13.7. The number of nitrogens with zero attached hydrogens (tertiary/aromatic N) is 1. The summed E-state index contributed by atoms with van der Waals surface area (Å²) in [5.74, 6) is 1.92. The summed E-state index contributed by atoms with van der Waals surface area (Å²) in [7, 11) is 0. The predicted octanol–water partition coefficient (Wildman–Crippen LogP) is 3.04. The Morgan fingerprint density at radius 2 is 1.84 bits per heavy atom. The lowest BCUT2D eigenvalue weighted by Gasteiger charge is -2.11. The van der Waals surface area contributed by atoms with Crippen molar-refractivity contribution >= 4 is 0 Å². The molecule has 0 bridgehead atoms. The monoisotopic (exact) mass is 258 g/mol. The first-order valence-corrected chi connectivity index (χ1v) is 6.31. The number of hydrogen-bond acceptors (Lipinski definition) is 4. The zero-order valence-electron chi connectivity index (χ0n) is 11.2. The highest BCUT2D eigenvalue weighted by Crippen LogP contribution is 2.30. The van der Waals surface area contributed by atoms with E-state index in [0.717, 1.165) is 11.3 Å². The van der Waals surface area contributed by atoms with Gasteiger partial charge in [-0.25, -0.2) is 4.98 Å². The Morgan fingerprint density at radius 1 is 1.11 bits per heavy atom. The topological polar surface area (TPSA) is 57.4 Å². The predicted molar refractivity (Wildman–Crippen MR) is 74.6 cm³/mol. The summed E-state index contributed by atoms with van der Waals surface area (Å²) < 4.78 is 11.3. The van der Waals surface area contributed by atoms with Crippen molar-refractivity contribution in [3.05, 3.63) is 47.7 Å². The van der Waals surface area contributed by atoms with E-state index in [-0.39, 0.29) is 0 Å². The van der Waals surface area contributed by atoms with Gasteiger partial charge in [-0.05, 0) is 31.5 Å². The number of benzene rings is 1. The van der Waals surface area contributed by atoms with Crippen molar-refractivity contribution in [1.82, 2.24) is 4.98 Å². The van der Waals surface area contributed by atoms with E-state index in [4.69, 9.17) is 15.2 Å². The van der Waals surface area contributed by atoms with E-state index >= 15 is 0 Å². The minimum absolute atomic E-state index is 0.481. The van der Waals surface area contributed by atoms with Gasteiger partial charge in [-0.1, -0.05) is 18.2 Å². The van der Waals surface area contributed by atoms with E-state index in [1.807, 2.05) is 50.2 Å². The van der Waals surface area contributed by atoms with Gasteiger partial charge in [0.05, 0.1) is 6.61 Å². The number of rotatable bonds is 5. The highest BCUT2D eigenvalue weighted by molar-refractivity contribution is 5.42. The molecule has 1 heterocycles. The molecule has 100 valence electrons. The molecule has 0 saturated heterocycles. The third kappa shape index (κ3) is 3.23. The van der Waals surface area contributed by atoms with Gasteiger partial charge in [0.1, 0.15) is 0 Å². The number of aryl methyl sites for hydroxylation is 1. The number of ether oxygens (including phenoxy) is 2. The van der Waals surface area contributed by atoms with E-state index in [2.05, 4.69) is 4.98 Å². The molecule has 4 heteroatoms. The fourth-order valence-corrected chi connectivity index (χ4v) is 1.76. The van der Waals surface area contributed by atoms with E-state index < -0.39 is 0 Å². The maximum atomic E-state index is 5.77. The average molecular weight is 258 g/mol. The van der Waals surface area contributed by atoms with Crippen LogP contribution in [0.4, 0.5) is 0 Å². The van der Waals surface area contributed by atoms with Crippen LogP contribution < -0.4 is 15.2 Å². The first kappa shape index (κ1) is 13.4. The summed E-state index contributed by atoms with van der Waals surface area (Å²) in [5.41, 5.74) is 7.52. The van der Waals surface area contributed by atoms with Crippen molar-refractivity contribution in [3.63, 3.8) is 0 Å². The van der Waals surface area contributed by atoms with Crippen LogP contribution in [0, 0.1) is 6.92 Å². The lowest BCUT2D eigenvalue weighted by atomic mass is 10.2. The smallest absolute Gasteiger partial charge is 0.219 e. The molecule has 19 heavy (non-hydrogen) atoms. The standard InChI is InChI=1S/C15H18N2O2/c1-3-18-13-6-4-5-7-14(13)19-15-9-8-12(10-16)11(2)17-15/h4-9H,3,10,16H2,1-2H3. The molecule has 0 spiro atoms. The Labute approximate surface area is 113 Å². The summed E-state index contributed by atoms with van der Waals surface area (Å²) in [6, 6.07) is 11.3. The highest BCUT2D eigenvalue weighted by atomic mass is 16.5. The van der Waals surface area contributed by atoms with Gasteiger partial charge in [-0.15, -0.1) is 0 Å². The van der Waals surface area contributed by atoms with Crippen LogP contribution in [-0.4, -0.2) is 11.6 Å². The molecule has 2 N–H and O–H groups in total. The Bertz CT molecular complexity index is 556. The summed E-state index contributed by atoms with van der Waals surface area (Å²) in [6.07, 6.45) is 0. The average Bonchev–Trinajstić information content (AvgIpc) is 2.41. The van der Waals surface area contributed by atoms with Crippen LogP contribution in [0.15, 0.2) is 36.4 Å². The van der Waals surface area contributed by atoms with Crippen LogP contribution in [-0.2, 0) is 6.54 Å². The van der Waals surface area contributed by atoms with Crippen molar-refractivity contribution in [2.75, 3.05) is 6.61 Å². The molecule has 0 amide bonds. The van der Waals surface area contributed by atoms with E-state index in [9.17, 15) is 0 Å². The summed E-state index contributed by atoms with van der Waals surface area (Å²) in [4.78, 5) is 4.38. The van der Waals surface area contributed by atoms with Crippen LogP contribution in [0.1, 0.15) is 18.2 Å². The normalized spacial score (nSPS) is 10.3. The van der Waals surface area contributed by atoms with E-state index in [0.29, 0.717) is 30.5 Å². The summed E-state index contributed by atoms with van der Waals surface area (Å²) >= 11 is 0. The van der Waals surface area contributed by atoms with Gasteiger partial charge in [0.15, 0.2) is 11.5 Å². The number of nitrogens with two attached hydrogens (primary N) is 1. The zero-order valence-corrected chi connectivity index (χ0v) is 11.2. The van der Waals surface area contributed by atoms with Crippen molar-refractivity contribution in [1.29, 1.82) is 0 Å². The minimum atomic E-state index is 0.481. The first-order chi connectivity index (χ1) is 9.24. The first-order valence-electron chi connectivity index (χ1n) is 6.31. The van der Waals surface area contributed by atoms with Crippen LogP contribution in [0.2, 0.25) is 0 Å². The summed E-state index contributed by atoms with van der Waals surface area (Å²) in [6.45, 7) is 4.94. The molecule has 2 aromatic rings. The van der Waals surface area contributed by atoms with E-state index in [1.165, 1.54) is 0 Å². The molecular formula is C15H18N2O2. The SMILES string of the molecule is CCOc1ccccc1Oc1ccc(CN)c(C)n1. The Hall–Kier alpha value is -2.07. The van der Waals surface area contributed by atoms with Gasteiger partial charge >= 0.3 is 0 Å². The van der Waals surface area contributed by atoms with Gasteiger partial charge in [-0.3, -0.25) is 0 Å². The van der Waals surface area contributed by atoms with Gasteiger partial charge in [0.2, 0.25) is 5.88 Å². The second-order valence-corrected chi connectivity index (χ2v) is 4.08. The Morgan fingerprint density at radius 3 is 2.47 bits per heavy atom. The molecule has 0 unspecified atom stereocenters. The molecule has 0 radical (unpaired) electrons. The van der Waals surface area contributed by atoms with E-state index in [1.54, 1.807) is 0 Å². The molecule has 1 aromatic carbocycles. The third-order valence-corrected chi connectivity index (χ3v) is 2.75. The molecule has 0 fully saturated rings. The summed E-state index contributed by atoms with van der Waals surface area (Å²) in [5, 5.41) is 0. The van der Waals surface area contributed by atoms with Gasteiger partial charge in [-0.2, -0.15) is 0 Å². The van der Waals surface area contributed by atoms with Crippen molar-refractivity contribution in [2.24, 2.45) is 5.73 Å². The molecule has 1 aromatic heterocycles. The minimum Gasteiger partial charge on any atom is -0.490 e. The maximum absolute atomic E-state index is 5.77. The molecule has 0 aliphatic rings. The molecular weight excluding hydrogens is 240 g/mol. The van der Waals surface area contributed by atoms with Crippen LogP contribution in [0.3, 0.4) is 0 Å². The van der Waals surface area contributed by atoms with Crippen molar-refractivity contribution < 1.29 is 9.47 Å².